The zero-order valence-electron chi connectivity index (χ0n) is 11.1. The van der Waals surface area contributed by atoms with Gasteiger partial charge >= 0.3 is 0 Å². The van der Waals surface area contributed by atoms with Gasteiger partial charge in [0.1, 0.15) is 0 Å². The van der Waals surface area contributed by atoms with Gasteiger partial charge in [-0.2, -0.15) is 0 Å². The van der Waals surface area contributed by atoms with Gasteiger partial charge in [-0.15, -0.1) is 11.3 Å². The van der Waals surface area contributed by atoms with E-state index in [2.05, 4.69) is 32.8 Å². The molecule has 100 valence electrons. The Labute approximate surface area is 117 Å². The van der Waals surface area contributed by atoms with Crippen molar-refractivity contribution in [1.82, 2.24) is 14.9 Å². The van der Waals surface area contributed by atoms with Crippen molar-refractivity contribution in [2.45, 2.75) is 13.0 Å². The Morgan fingerprint density at radius 3 is 2.68 bits per heavy atom. The Kier molecular flexibility index (Phi) is 3.75. The predicted molar refractivity (Wildman–Crippen MR) is 78.6 cm³/mol. The highest BCUT2D eigenvalue weighted by Crippen LogP contribution is 2.24. The smallest absolute Gasteiger partial charge is 0.185 e. The number of hydrogen-bond acceptors (Lipinski definition) is 5. The molecule has 0 N–H and O–H groups in total. The summed E-state index contributed by atoms with van der Waals surface area (Å²) in [6, 6.07) is 4.61. The van der Waals surface area contributed by atoms with E-state index in [0.717, 1.165) is 31.3 Å². The molecule has 0 radical (unpaired) electrons. The summed E-state index contributed by atoms with van der Waals surface area (Å²) in [5, 5.41) is 3.19. The minimum absolute atomic E-state index is 0.437. The Morgan fingerprint density at radius 1 is 1.21 bits per heavy atom. The fraction of sp³-hybridized carbons (Fsp3) is 0.429. The molecule has 0 aliphatic carbocycles. The van der Waals surface area contributed by atoms with Gasteiger partial charge in [-0.3, -0.25) is 9.88 Å². The van der Waals surface area contributed by atoms with Gasteiger partial charge in [0.05, 0.1) is 0 Å². The van der Waals surface area contributed by atoms with Crippen molar-refractivity contribution in [1.29, 1.82) is 0 Å². The van der Waals surface area contributed by atoms with Crippen molar-refractivity contribution in [3.63, 3.8) is 0 Å². The first kappa shape index (κ1) is 12.6. The van der Waals surface area contributed by atoms with Crippen LogP contribution in [0.25, 0.3) is 0 Å². The summed E-state index contributed by atoms with van der Waals surface area (Å²) in [4.78, 5) is 13.5. The predicted octanol–water partition coefficient (Wildman–Crippen LogP) is 2.42. The van der Waals surface area contributed by atoms with Crippen LogP contribution < -0.4 is 4.90 Å². The molecule has 3 heterocycles. The molecule has 1 atom stereocenters. The topological polar surface area (TPSA) is 32.3 Å². The molecule has 1 saturated heterocycles. The molecule has 0 amide bonds. The number of aromatic nitrogens is 2. The highest BCUT2D eigenvalue weighted by Gasteiger charge is 2.23. The standard InChI is InChI=1S/C14H18N4S/c1-12(13-3-2-4-15-11-13)17-6-8-18(9-7-17)14-16-5-10-19-14/h2-5,10-12H,6-9H2,1H3/t12-/m0/s1. The van der Waals surface area contributed by atoms with Gasteiger partial charge in [-0.25, -0.2) is 4.98 Å². The average molecular weight is 274 g/mol. The fourth-order valence-electron chi connectivity index (χ4n) is 2.51. The number of nitrogens with zero attached hydrogens (tertiary/aromatic N) is 4. The first-order chi connectivity index (χ1) is 9.34. The lowest BCUT2D eigenvalue weighted by molar-refractivity contribution is 0.198. The van der Waals surface area contributed by atoms with E-state index in [-0.39, 0.29) is 0 Å². The van der Waals surface area contributed by atoms with Crippen LogP contribution in [0.2, 0.25) is 0 Å². The van der Waals surface area contributed by atoms with E-state index >= 15 is 0 Å². The Hall–Kier alpha value is -1.46. The molecule has 3 rings (SSSR count). The normalized spacial score (nSPS) is 18.5. The number of thiazole rings is 1. The third-order valence-corrected chi connectivity index (χ3v) is 4.55. The van der Waals surface area contributed by atoms with Crippen molar-refractivity contribution in [3.8, 4) is 0 Å². The molecule has 0 saturated carbocycles. The first-order valence-corrected chi connectivity index (χ1v) is 7.51. The van der Waals surface area contributed by atoms with Crippen LogP contribution in [-0.2, 0) is 0 Å². The summed E-state index contributed by atoms with van der Waals surface area (Å²) < 4.78 is 0. The van der Waals surface area contributed by atoms with Gasteiger partial charge in [-0.05, 0) is 18.6 Å². The summed E-state index contributed by atoms with van der Waals surface area (Å²) in [5.74, 6) is 0. The summed E-state index contributed by atoms with van der Waals surface area (Å²) in [6.45, 7) is 6.53. The van der Waals surface area contributed by atoms with Gasteiger partial charge in [0.2, 0.25) is 0 Å². The van der Waals surface area contributed by atoms with Crippen LogP contribution in [0.1, 0.15) is 18.5 Å². The SMILES string of the molecule is C[C@@H](c1cccnc1)N1CCN(c2nccs2)CC1. The van der Waals surface area contributed by atoms with Crippen LogP contribution in [0.3, 0.4) is 0 Å². The van der Waals surface area contributed by atoms with Crippen LogP contribution in [0, 0.1) is 0 Å². The van der Waals surface area contributed by atoms with E-state index in [9.17, 15) is 0 Å². The molecule has 2 aromatic rings. The molecular weight excluding hydrogens is 256 g/mol. The van der Waals surface area contributed by atoms with Crippen molar-refractivity contribution in [2.24, 2.45) is 0 Å². The number of pyridine rings is 1. The third kappa shape index (κ3) is 2.77. The van der Waals surface area contributed by atoms with Gasteiger partial charge in [0.25, 0.3) is 0 Å². The summed E-state index contributed by atoms with van der Waals surface area (Å²) in [5.41, 5.74) is 1.30. The van der Waals surface area contributed by atoms with Gasteiger partial charge in [0, 0.05) is 56.2 Å². The molecule has 1 aliphatic rings. The van der Waals surface area contributed by atoms with Gasteiger partial charge in [0.15, 0.2) is 5.13 Å². The maximum atomic E-state index is 4.38. The Balaban J connectivity index is 1.61. The van der Waals surface area contributed by atoms with Crippen molar-refractivity contribution >= 4 is 16.5 Å². The molecule has 0 bridgehead atoms. The maximum absolute atomic E-state index is 4.38. The molecule has 1 fully saturated rings. The molecular formula is C14H18N4S. The quantitative estimate of drug-likeness (QED) is 0.860. The molecule has 0 aromatic carbocycles. The second-order valence-electron chi connectivity index (χ2n) is 4.80. The number of hydrogen-bond donors (Lipinski definition) is 0. The van der Waals surface area contributed by atoms with Crippen molar-refractivity contribution < 1.29 is 0 Å². The molecule has 5 heteroatoms. The highest BCUT2D eigenvalue weighted by molar-refractivity contribution is 7.13. The molecule has 1 aliphatic heterocycles. The molecule has 0 spiro atoms. The number of anilines is 1. The van der Waals surface area contributed by atoms with E-state index in [1.165, 1.54) is 5.56 Å². The highest BCUT2D eigenvalue weighted by atomic mass is 32.1. The number of piperazine rings is 1. The third-order valence-electron chi connectivity index (χ3n) is 3.72. The van der Waals surface area contributed by atoms with Crippen molar-refractivity contribution in [2.75, 3.05) is 31.1 Å². The maximum Gasteiger partial charge on any atom is 0.185 e. The van der Waals surface area contributed by atoms with Gasteiger partial charge in [-0.1, -0.05) is 6.07 Å². The Morgan fingerprint density at radius 2 is 2.05 bits per heavy atom. The van der Waals surface area contributed by atoms with Gasteiger partial charge < -0.3 is 4.90 Å². The van der Waals surface area contributed by atoms with E-state index in [0.29, 0.717) is 6.04 Å². The van der Waals surface area contributed by atoms with E-state index in [4.69, 9.17) is 0 Å². The molecule has 2 aromatic heterocycles. The second-order valence-corrected chi connectivity index (χ2v) is 5.67. The summed E-state index contributed by atoms with van der Waals surface area (Å²) in [7, 11) is 0. The lowest BCUT2D eigenvalue weighted by atomic mass is 10.1. The van der Waals surface area contributed by atoms with Crippen molar-refractivity contribution in [3.05, 3.63) is 41.7 Å². The molecule has 0 unspecified atom stereocenters. The monoisotopic (exact) mass is 274 g/mol. The fourth-order valence-corrected chi connectivity index (χ4v) is 3.20. The summed E-state index contributed by atoms with van der Waals surface area (Å²) >= 11 is 1.72. The average Bonchev–Trinajstić information content (AvgIpc) is 3.02. The molecule has 4 nitrogen and oxygen atoms in total. The van der Waals surface area contributed by atoms with Crippen LogP contribution in [0.5, 0.6) is 0 Å². The molecule has 19 heavy (non-hydrogen) atoms. The van der Waals surface area contributed by atoms with Crippen LogP contribution in [0.15, 0.2) is 36.1 Å². The van der Waals surface area contributed by atoms with E-state index in [1.54, 1.807) is 11.3 Å². The lowest BCUT2D eigenvalue weighted by Crippen LogP contribution is -2.47. The Bertz CT molecular complexity index is 491. The van der Waals surface area contributed by atoms with Crippen LogP contribution in [0.4, 0.5) is 5.13 Å². The second kappa shape index (κ2) is 5.67. The van der Waals surface area contributed by atoms with Crippen LogP contribution >= 0.6 is 11.3 Å². The minimum Gasteiger partial charge on any atom is -0.346 e. The first-order valence-electron chi connectivity index (χ1n) is 6.63. The minimum atomic E-state index is 0.437. The lowest BCUT2D eigenvalue weighted by Gasteiger charge is -2.38. The largest absolute Gasteiger partial charge is 0.346 e. The van der Waals surface area contributed by atoms with E-state index < -0.39 is 0 Å². The van der Waals surface area contributed by atoms with E-state index in [1.807, 2.05) is 30.0 Å². The zero-order valence-corrected chi connectivity index (χ0v) is 11.9. The van der Waals surface area contributed by atoms with Crippen LogP contribution in [-0.4, -0.2) is 41.0 Å². The number of rotatable bonds is 3. The summed E-state index contributed by atoms with van der Waals surface area (Å²) in [6.07, 6.45) is 5.68. The zero-order chi connectivity index (χ0) is 13.1.